The summed E-state index contributed by atoms with van der Waals surface area (Å²) in [6.07, 6.45) is 5.00. The Labute approximate surface area is 286 Å². The highest BCUT2D eigenvalue weighted by atomic mass is 35.5. The van der Waals surface area contributed by atoms with Crippen LogP contribution < -0.4 is 14.4 Å². The topological polar surface area (TPSA) is 96.0 Å². The Bertz CT molecular complexity index is 1780. The van der Waals surface area contributed by atoms with Crippen LogP contribution in [-0.2, 0) is 32.6 Å². The molecule has 2 amide bonds. The van der Waals surface area contributed by atoms with Gasteiger partial charge in [-0.3, -0.25) is 13.9 Å². The second-order valence-corrected chi connectivity index (χ2v) is 14.2. The first-order chi connectivity index (χ1) is 23.1. The van der Waals surface area contributed by atoms with Gasteiger partial charge in [0.1, 0.15) is 24.2 Å². The number of anilines is 1. The molecular formula is C37H39ClFN3O5S. The van der Waals surface area contributed by atoms with Gasteiger partial charge in [0.2, 0.25) is 11.8 Å². The van der Waals surface area contributed by atoms with Crippen molar-refractivity contribution in [2.45, 2.75) is 62.0 Å². The molecule has 0 radical (unpaired) electrons. The van der Waals surface area contributed by atoms with Gasteiger partial charge in [0, 0.05) is 24.0 Å². The summed E-state index contributed by atoms with van der Waals surface area (Å²) < 4.78 is 48.5. The highest BCUT2D eigenvalue weighted by Gasteiger charge is 2.35. The summed E-state index contributed by atoms with van der Waals surface area (Å²) in [5.41, 5.74) is 1.59. The summed E-state index contributed by atoms with van der Waals surface area (Å²) in [4.78, 5) is 30.1. The zero-order chi connectivity index (χ0) is 34.1. The van der Waals surface area contributed by atoms with Gasteiger partial charge in [-0.05, 0) is 78.6 Å². The summed E-state index contributed by atoms with van der Waals surface area (Å²) in [6.45, 7) is -0.682. The van der Waals surface area contributed by atoms with E-state index in [2.05, 4.69) is 5.32 Å². The van der Waals surface area contributed by atoms with E-state index in [-0.39, 0.29) is 40.5 Å². The molecule has 1 aliphatic carbocycles. The minimum atomic E-state index is -4.31. The number of carbonyl (C=O) groups is 2. The van der Waals surface area contributed by atoms with E-state index in [1.165, 1.54) is 54.5 Å². The molecule has 4 aromatic carbocycles. The van der Waals surface area contributed by atoms with E-state index in [0.29, 0.717) is 11.3 Å². The van der Waals surface area contributed by atoms with Crippen LogP contribution in [0.5, 0.6) is 5.75 Å². The van der Waals surface area contributed by atoms with Crippen molar-refractivity contribution in [2.75, 3.05) is 18.0 Å². The van der Waals surface area contributed by atoms with Crippen LogP contribution in [0, 0.1) is 5.82 Å². The number of methoxy groups -OCH3 is 1. The average molecular weight is 692 g/mol. The van der Waals surface area contributed by atoms with Gasteiger partial charge in [-0.2, -0.15) is 0 Å². The van der Waals surface area contributed by atoms with Gasteiger partial charge in [-0.25, -0.2) is 12.8 Å². The number of amides is 2. The first-order valence-corrected chi connectivity index (χ1v) is 17.8. The van der Waals surface area contributed by atoms with Gasteiger partial charge in [0.05, 0.1) is 17.7 Å². The summed E-state index contributed by atoms with van der Waals surface area (Å²) in [5.74, 6) is -0.910. The normalized spacial score (nSPS) is 14.1. The molecule has 8 nitrogen and oxygen atoms in total. The molecule has 0 aromatic heterocycles. The quantitative estimate of drug-likeness (QED) is 0.167. The number of benzene rings is 4. The number of hydrogen-bond donors (Lipinski definition) is 1. The largest absolute Gasteiger partial charge is 0.497 e. The average Bonchev–Trinajstić information content (AvgIpc) is 3.10. The Morgan fingerprint density at radius 1 is 0.896 bits per heavy atom. The predicted molar refractivity (Wildman–Crippen MR) is 185 cm³/mol. The van der Waals surface area contributed by atoms with E-state index < -0.39 is 34.3 Å². The molecule has 11 heteroatoms. The van der Waals surface area contributed by atoms with E-state index in [4.69, 9.17) is 16.3 Å². The lowest BCUT2D eigenvalue weighted by atomic mass is 9.94. The lowest BCUT2D eigenvalue weighted by Gasteiger charge is -2.35. The smallest absolute Gasteiger partial charge is 0.264 e. The van der Waals surface area contributed by atoms with Crippen LogP contribution in [0.2, 0.25) is 5.02 Å². The Morgan fingerprint density at radius 3 is 2.23 bits per heavy atom. The van der Waals surface area contributed by atoms with Crippen LogP contribution in [0.4, 0.5) is 10.1 Å². The van der Waals surface area contributed by atoms with Crippen molar-refractivity contribution in [1.82, 2.24) is 10.2 Å². The predicted octanol–water partition coefficient (Wildman–Crippen LogP) is 6.77. The van der Waals surface area contributed by atoms with Gasteiger partial charge >= 0.3 is 0 Å². The molecule has 4 aromatic rings. The van der Waals surface area contributed by atoms with Crippen molar-refractivity contribution in [1.29, 1.82) is 0 Å². The third-order valence-electron chi connectivity index (χ3n) is 8.51. The molecule has 1 N–H and O–H groups in total. The summed E-state index contributed by atoms with van der Waals surface area (Å²) >= 11 is 6.30. The number of ether oxygens (including phenoxy) is 1. The molecule has 5 rings (SSSR count). The van der Waals surface area contributed by atoms with Crippen molar-refractivity contribution in [2.24, 2.45) is 0 Å². The van der Waals surface area contributed by atoms with Crippen LogP contribution in [0.3, 0.4) is 0 Å². The number of rotatable bonds is 13. The Kier molecular flexibility index (Phi) is 11.7. The van der Waals surface area contributed by atoms with Gasteiger partial charge in [-0.15, -0.1) is 0 Å². The molecule has 1 aliphatic rings. The standard InChI is InChI=1S/C37H39ClFN3O5S/c1-47-33-19-21-34(22-20-33)48(45,46)42(32-14-8-11-29(38)24-32)26-36(43)41(25-28-15-17-30(39)18-16-28)35(23-27-9-4-2-5-10-27)37(44)40-31-12-6-3-7-13-31/h2,4-5,8-11,14-22,24,31,35H,3,6-7,12-13,23,25-26H2,1H3,(H,40,44)/t35-/m0/s1. The lowest BCUT2D eigenvalue weighted by molar-refractivity contribution is -0.140. The number of hydrogen-bond acceptors (Lipinski definition) is 5. The van der Waals surface area contributed by atoms with Crippen molar-refractivity contribution in [3.8, 4) is 5.75 Å². The Hall–Kier alpha value is -4.41. The van der Waals surface area contributed by atoms with Crippen LogP contribution in [-0.4, -0.2) is 50.9 Å². The van der Waals surface area contributed by atoms with E-state index in [1.54, 1.807) is 30.3 Å². The molecule has 1 fully saturated rings. The Balaban J connectivity index is 1.56. The summed E-state index contributed by atoms with van der Waals surface area (Å²) in [5, 5.41) is 3.46. The number of nitrogens with one attached hydrogen (secondary N) is 1. The third kappa shape index (κ3) is 8.93. The highest BCUT2D eigenvalue weighted by Crippen LogP contribution is 2.28. The molecule has 1 saturated carbocycles. The molecule has 1 atom stereocenters. The lowest BCUT2D eigenvalue weighted by Crippen LogP contribution is -2.55. The highest BCUT2D eigenvalue weighted by molar-refractivity contribution is 7.92. The van der Waals surface area contributed by atoms with Crippen LogP contribution >= 0.6 is 11.6 Å². The van der Waals surface area contributed by atoms with Crippen molar-refractivity contribution < 1.29 is 27.1 Å². The number of sulfonamides is 1. The summed E-state index contributed by atoms with van der Waals surface area (Å²) in [6, 6.07) is 26.1. The monoisotopic (exact) mass is 691 g/mol. The molecule has 0 saturated heterocycles. The Morgan fingerprint density at radius 2 is 1.58 bits per heavy atom. The van der Waals surface area contributed by atoms with Gasteiger partial charge in [0.25, 0.3) is 10.0 Å². The molecule has 0 unspecified atom stereocenters. The van der Waals surface area contributed by atoms with Crippen molar-refractivity contribution in [3.05, 3.63) is 125 Å². The maximum Gasteiger partial charge on any atom is 0.264 e. The molecule has 252 valence electrons. The third-order valence-corrected chi connectivity index (χ3v) is 10.5. The van der Waals surface area contributed by atoms with Gasteiger partial charge < -0.3 is 15.0 Å². The number of halogens is 2. The molecular weight excluding hydrogens is 653 g/mol. The van der Waals surface area contributed by atoms with Gasteiger partial charge in [0.15, 0.2) is 0 Å². The molecule has 0 heterocycles. The molecule has 0 bridgehead atoms. The van der Waals surface area contributed by atoms with Crippen LogP contribution in [0.25, 0.3) is 0 Å². The second-order valence-electron chi connectivity index (χ2n) is 11.9. The minimum absolute atomic E-state index is 0.0225. The number of carbonyl (C=O) groups excluding carboxylic acids is 2. The molecule has 0 aliphatic heterocycles. The van der Waals surface area contributed by atoms with E-state index in [9.17, 15) is 22.4 Å². The zero-order valence-electron chi connectivity index (χ0n) is 26.7. The first-order valence-electron chi connectivity index (χ1n) is 15.9. The first kappa shape index (κ1) is 34.9. The number of nitrogens with zero attached hydrogens (tertiary/aromatic N) is 2. The minimum Gasteiger partial charge on any atom is -0.497 e. The zero-order valence-corrected chi connectivity index (χ0v) is 28.3. The maximum atomic E-state index is 14.6. The van der Waals surface area contributed by atoms with Crippen LogP contribution in [0.15, 0.2) is 108 Å². The van der Waals surface area contributed by atoms with Crippen molar-refractivity contribution in [3.63, 3.8) is 0 Å². The van der Waals surface area contributed by atoms with E-state index in [1.807, 2.05) is 30.3 Å². The SMILES string of the molecule is COc1ccc(S(=O)(=O)N(CC(=O)N(Cc2ccc(F)cc2)[C@@H](Cc2ccccc2)C(=O)NC2CCCCC2)c2cccc(Cl)c2)cc1. The fourth-order valence-corrected chi connectivity index (χ4v) is 7.51. The fourth-order valence-electron chi connectivity index (χ4n) is 5.92. The second kappa shape index (κ2) is 16.1. The van der Waals surface area contributed by atoms with Crippen LogP contribution in [0.1, 0.15) is 43.2 Å². The summed E-state index contributed by atoms with van der Waals surface area (Å²) in [7, 11) is -2.83. The van der Waals surface area contributed by atoms with Crippen molar-refractivity contribution >= 4 is 39.1 Å². The van der Waals surface area contributed by atoms with E-state index >= 15 is 0 Å². The van der Waals surface area contributed by atoms with Gasteiger partial charge in [-0.1, -0.05) is 79.4 Å². The fraction of sp³-hybridized carbons (Fsp3) is 0.297. The maximum absolute atomic E-state index is 14.6. The van der Waals surface area contributed by atoms with E-state index in [0.717, 1.165) is 42.0 Å². The molecule has 0 spiro atoms. The molecule has 48 heavy (non-hydrogen) atoms.